The lowest BCUT2D eigenvalue weighted by Gasteiger charge is -2.07. The normalized spacial score (nSPS) is 11.6. The largest absolute Gasteiger partial charge is 0.481 e. The number of aliphatic carboxylic acids is 1. The van der Waals surface area contributed by atoms with Gasteiger partial charge in [-0.05, 0) is 48.9 Å². The molecule has 3 N–H and O–H groups in total. The number of aromatic nitrogens is 3. The number of hydrogen-bond donors (Lipinski definition) is 3. The molecule has 4 rings (SSSR count). The number of nitrogens with one attached hydrogen (secondary N) is 1. The maximum atomic E-state index is 10.5. The van der Waals surface area contributed by atoms with Gasteiger partial charge in [0.2, 0.25) is 0 Å². The molecule has 0 aliphatic rings. The minimum Gasteiger partial charge on any atom is -0.481 e. The Hall–Kier alpha value is -4.19. The summed E-state index contributed by atoms with van der Waals surface area (Å²) in [5.74, 6) is 6.76. The first-order chi connectivity index (χ1) is 17.0. The fourth-order valence-electron chi connectivity index (χ4n) is 3.52. The van der Waals surface area contributed by atoms with Crippen molar-refractivity contribution in [1.82, 2.24) is 20.0 Å². The van der Waals surface area contributed by atoms with Gasteiger partial charge in [0.25, 0.3) is 0 Å². The van der Waals surface area contributed by atoms with Gasteiger partial charge in [-0.2, -0.15) is 0 Å². The van der Waals surface area contributed by atoms with Crippen LogP contribution in [-0.4, -0.2) is 37.4 Å². The van der Waals surface area contributed by atoms with Gasteiger partial charge in [0.05, 0.1) is 13.0 Å². The molecule has 0 aliphatic heterocycles. The molecule has 8 nitrogen and oxygen atoms in total. The van der Waals surface area contributed by atoms with E-state index in [9.17, 15) is 9.90 Å². The van der Waals surface area contributed by atoms with Crippen LogP contribution in [0.1, 0.15) is 47.7 Å². The first kappa shape index (κ1) is 24.0. The molecule has 35 heavy (non-hydrogen) atoms. The molecule has 2 aromatic heterocycles. The minimum atomic E-state index is -0.806. The highest BCUT2D eigenvalue weighted by atomic mass is 16.5. The standard InChI is InChI=1S/C27H26N4O4/c1-19(32)27-29-14-15-31(27)18-24-16-25(35-30-24)23-10-8-21(9-11-23)3-2-20-4-6-22(7-5-20)17-28-13-12-26(33)34/h4-11,14-16,19,28,32H,12-13,17-18H2,1H3,(H,33,34). The van der Waals surface area contributed by atoms with E-state index in [2.05, 4.69) is 27.3 Å². The van der Waals surface area contributed by atoms with Gasteiger partial charge in [-0.25, -0.2) is 4.98 Å². The predicted octanol–water partition coefficient (Wildman–Crippen LogP) is 3.60. The highest BCUT2D eigenvalue weighted by Crippen LogP contribution is 2.22. The number of aliphatic hydroxyl groups excluding tert-OH is 1. The average molecular weight is 471 g/mol. The molecule has 0 spiro atoms. The third kappa shape index (κ3) is 6.67. The quantitative estimate of drug-likeness (QED) is 0.253. The number of benzene rings is 2. The molecular weight excluding hydrogens is 444 g/mol. The lowest BCUT2D eigenvalue weighted by Crippen LogP contribution is -2.17. The maximum absolute atomic E-state index is 10.5. The number of aliphatic hydroxyl groups is 1. The summed E-state index contributed by atoms with van der Waals surface area (Å²) in [5.41, 5.74) is 4.50. The Bertz CT molecular complexity index is 1330. The van der Waals surface area contributed by atoms with E-state index in [0.29, 0.717) is 31.2 Å². The SMILES string of the molecule is CC(O)c1nccn1Cc1cc(-c2ccc(C#Cc3ccc(CNCCC(=O)O)cc3)cc2)on1. The van der Waals surface area contributed by atoms with E-state index in [1.165, 1.54) is 0 Å². The number of hydrogen-bond acceptors (Lipinski definition) is 6. The fourth-order valence-corrected chi connectivity index (χ4v) is 3.52. The molecule has 4 aromatic rings. The Morgan fingerprint density at radius 2 is 1.80 bits per heavy atom. The first-order valence-corrected chi connectivity index (χ1v) is 11.3. The van der Waals surface area contributed by atoms with E-state index in [4.69, 9.17) is 9.63 Å². The molecule has 0 amide bonds. The van der Waals surface area contributed by atoms with Crippen molar-refractivity contribution in [3.05, 3.63) is 95.2 Å². The highest BCUT2D eigenvalue weighted by Gasteiger charge is 2.12. The van der Waals surface area contributed by atoms with Gasteiger partial charge in [0, 0.05) is 48.2 Å². The van der Waals surface area contributed by atoms with E-state index in [0.717, 1.165) is 27.9 Å². The predicted molar refractivity (Wildman–Crippen MR) is 130 cm³/mol. The molecule has 1 atom stereocenters. The van der Waals surface area contributed by atoms with Gasteiger partial charge in [0.1, 0.15) is 17.6 Å². The number of carboxylic acid groups (broad SMARTS) is 1. The van der Waals surface area contributed by atoms with E-state index >= 15 is 0 Å². The van der Waals surface area contributed by atoms with Crippen LogP contribution in [0.2, 0.25) is 0 Å². The Balaban J connectivity index is 1.34. The summed E-state index contributed by atoms with van der Waals surface area (Å²) in [4.78, 5) is 14.7. The van der Waals surface area contributed by atoms with E-state index < -0.39 is 12.1 Å². The number of carboxylic acids is 1. The summed E-state index contributed by atoms with van der Waals surface area (Å²) in [6.07, 6.45) is 2.91. The number of imidazole rings is 1. The molecular formula is C27H26N4O4. The Kier molecular flexibility index (Phi) is 7.73. The summed E-state index contributed by atoms with van der Waals surface area (Å²) in [6.45, 7) is 3.20. The number of rotatable bonds is 9. The zero-order valence-corrected chi connectivity index (χ0v) is 19.3. The van der Waals surface area contributed by atoms with Crippen LogP contribution in [0.3, 0.4) is 0 Å². The van der Waals surface area contributed by atoms with Gasteiger partial charge in [0.15, 0.2) is 5.76 Å². The van der Waals surface area contributed by atoms with Gasteiger partial charge in [-0.3, -0.25) is 4.79 Å². The molecule has 0 bridgehead atoms. The van der Waals surface area contributed by atoms with Crippen molar-refractivity contribution >= 4 is 5.97 Å². The maximum Gasteiger partial charge on any atom is 0.304 e. The van der Waals surface area contributed by atoms with Crippen LogP contribution in [0.15, 0.2) is 71.5 Å². The molecule has 0 radical (unpaired) electrons. The zero-order valence-electron chi connectivity index (χ0n) is 19.3. The Labute approximate surface area is 203 Å². The fraction of sp³-hybridized carbons (Fsp3) is 0.222. The molecule has 178 valence electrons. The lowest BCUT2D eigenvalue weighted by atomic mass is 10.1. The molecule has 0 aliphatic carbocycles. The molecule has 2 heterocycles. The van der Waals surface area contributed by atoms with Crippen LogP contribution in [0, 0.1) is 11.8 Å². The third-order valence-electron chi connectivity index (χ3n) is 5.33. The van der Waals surface area contributed by atoms with Crippen LogP contribution in [0.25, 0.3) is 11.3 Å². The van der Waals surface area contributed by atoms with E-state index in [-0.39, 0.29) is 6.42 Å². The van der Waals surface area contributed by atoms with Crippen molar-refractivity contribution in [3.63, 3.8) is 0 Å². The van der Waals surface area contributed by atoms with Crippen LogP contribution in [0.4, 0.5) is 0 Å². The molecule has 0 fully saturated rings. The zero-order chi connectivity index (χ0) is 24.6. The Morgan fingerprint density at radius 3 is 2.46 bits per heavy atom. The summed E-state index contributed by atoms with van der Waals surface area (Å²) in [6, 6.07) is 17.5. The number of nitrogens with zero attached hydrogens (tertiary/aromatic N) is 3. The van der Waals surface area contributed by atoms with Gasteiger partial charge >= 0.3 is 5.97 Å². The van der Waals surface area contributed by atoms with Crippen molar-refractivity contribution in [2.24, 2.45) is 0 Å². The van der Waals surface area contributed by atoms with Crippen molar-refractivity contribution in [1.29, 1.82) is 0 Å². The minimum absolute atomic E-state index is 0.107. The second kappa shape index (κ2) is 11.3. The topological polar surface area (TPSA) is 113 Å². The third-order valence-corrected chi connectivity index (χ3v) is 5.33. The molecule has 8 heteroatoms. The molecule has 0 saturated carbocycles. The summed E-state index contributed by atoms with van der Waals surface area (Å²) in [7, 11) is 0. The second-order valence-corrected chi connectivity index (χ2v) is 8.12. The first-order valence-electron chi connectivity index (χ1n) is 11.3. The van der Waals surface area contributed by atoms with Crippen LogP contribution in [-0.2, 0) is 17.9 Å². The van der Waals surface area contributed by atoms with E-state index in [1.807, 2.05) is 59.2 Å². The van der Waals surface area contributed by atoms with Crippen LogP contribution >= 0.6 is 0 Å². The average Bonchev–Trinajstić information content (AvgIpc) is 3.52. The lowest BCUT2D eigenvalue weighted by molar-refractivity contribution is -0.136. The Morgan fingerprint density at radius 1 is 1.11 bits per heavy atom. The van der Waals surface area contributed by atoms with Crippen molar-refractivity contribution in [2.75, 3.05) is 6.54 Å². The smallest absolute Gasteiger partial charge is 0.304 e. The van der Waals surface area contributed by atoms with Gasteiger partial charge in [-0.15, -0.1) is 0 Å². The molecule has 0 saturated heterocycles. The number of carbonyl (C=O) groups is 1. The van der Waals surface area contributed by atoms with Crippen molar-refractivity contribution < 1.29 is 19.5 Å². The second-order valence-electron chi connectivity index (χ2n) is 8.12. The summed E-state index contributed by atoms with van der Waals surface area (Å²) < 4.78 is 7.35. The van der Waals surface area contributed by atoms with E-state index in [1.54, 1.807) is 19.3 Å². The van der Waals surface area contributed by atoms with Crippen LogP contribution < -0.4 is 5.32 Å². The van der Waals surface area contributed by atoms with Crippen LogP contribution in [0.5, 0.6) is 0 Å². The summed E-state index contributed by atoms with van der Waals surface area (Å²) in [5, 5.41) is 25.7. The summed E-state index contributed by atoms with van der Waals surface area (Å²) >= 11 is 0. The molecule has 2 aromatic carbocycles. The van der Waals surface area contributed by atoms with Gasteiger partial charge < -0.3 is 24.6 Å². The van der Waals surface area contributed by atoms with Crippen molar-refractivity contribution in [3.8, 4) is 23.2 Å². The van der Waals surface area contributed by atoms with Crippen molar-refractivity contribution in [2.45, 2.75) is 32.5 Å². The molecule has 1 unspecified atom stereocenters. The van der Waals surface area contributed by atoms with Gasteiger partial charge in [-0.1, -0.05) is 29.1 Å². The highest BCUT2D eigenvalue weighted by molar-refractivity contribution is 5.66. The monoisotopic (exact) mass is 470 g/mol.